The lowest BCUT2D eigenvalue weighted by Crippen LogP contribution is -2.60. The maximum atomic E-state index is 12.2. The zero-order valence-corrected chi connectivity index (χ0v) is 14.8. The summed E-state index contributed by atoms with van der Waals surface area (Å²) in [6.07, 6.45) is -0.528. The minimum Gasteiger partial charge on any atom is -0.388 e. The van der Waals surface area contributed by atoms with E-state index in [1.807, 2.05) is 0 Å². The number of hydrogen-bond donors (Lipinski definition) is 4. The van der Waals surface area contributed by atoms with E-state index in [2.05, 4.69) is 15.3 Å². The summed E-state index contributed by atoms with van der Waals surface area (Å²) in [4.78, 5) is 41.4. The fourth-order valence-corrected chi connectivity index (χ4v) is 2.99. The lowest BCUT2D eigenvalue weighted by Gasteiger charge is -2.38. The van der Waals surface area contributed by atoms with Crippen LogP contribution in [0.1, 0.15) is 16.2 Å². The number of amides is 1. The Hall–Kier alpha value is -2.76. The molecule has 2 aromatic rings. The highest BCUT2D eigenvalue weighted by molar-refractivity contribution is 5.92. The number of H-pyrrole nitrogens is 1. The molecule has 0 spiro atoms. The van der Waals surface area contributed by atoms with E-state index in [0.717, 1.165) is 0 Å². The Labute approximate surface area is 153 Å². The van der Waals surface area contributed by atoms with Crippen molar-refractivity contribution in [3.63, 3.8) is 0 Å². The molecule has 27 heavy (non-hydrogen) atoms. The number of hydrogen-bond acceptors (Lipinski definition) is 7. The van der Waals surface area contributed by atoms with Gasteiger partial charge < -0.3 is 24.8 Å². The van der Waals surface area contributed by atoms with Crippen molar-refractivity contribution in [1.82, 2.24) is 24.4 Å². The number of carbonyl (C=O) groups is 1. The number of aromatic amines is 1. The van der Waals surface area contributed by atoms with E-state index in [1.165, 1.54) is 23.2 Å². The monoisotopic (exact) mass is 379 g/mol. The number of nitrogens with zero attached hydrogens (tertiary/aromatic N) is 3. The molecule has 0 unspecified atom stereocenters. The van der Waals surface area contributed by atoms with Crippen LogP contribution in [0, 0.1) is 6.92 Å². The number of aryl methyl sites for hydroxylation is 2. The summed E-state index contributed by atoms with van der Waals surface area (Å²) >= 11 is 0. The van der Waals surface area contributed by atoms with E-state index in [-0.39, 0.29) is 18.8 Å². The van der Waals surface area contributed by atoms with Crippen LogP contribution in [0.3, 0.4) is 0 Å². The SMILES string of the molecule is Cc1cc(=O)[nH]c(=O)n1C[C@H]1OC[C@@H](NC(=O)c2cn(C)cn2)[C@H](O)[C@@H]1O. The lowest BCUT2D eigenvalue weighted by molar-refractivity contribution is -0.152. The summed E-state index contributed by atoms with van der Waals surface area (Å²) in [5.41, 5.74) is -0.566. The third-order valence-corrected chi connectivity index (χ3v) is 4.49. The quantitative estimate of drug-likeness (QED) is 0.458. The molecular formula is C16H21N5O6. The van der Waals surface area contributed by atoms with E-state index in [4.69, 9.17) is 4.74 Å². The van der Waals surface area contributed by atoms with Crippen molar-refractivity contribution in [1.29, 1.82) is 0 Å². The van der Waals surface area contributed by atoms with Crippen molar-refractivity contribution in [2.75, 3.05) is 6.61 Å². The summed E-state index contributed by atoms with van der Waals surface area (Å²) in [7, 11) is 1.72. The van der Waals surface area contributed by atoms with E-state index in [1.54, 1.807) is 18.5 Å². The molecule has 2 aromatic heterocycles. The summed E-state index contributed by atoms with van der Waals surface area (Å²) in [5, 5.41) is 23.3. The zero-order chi connectivity index (χ0) is 19.7. The van der Waals surface area contributed by atoms with Crippen molar-refractivity contribution in [2.45, 2.75) is 37.8 Å². The van der Waals surface area contributed by atoms with Gasteiger partial charge in [-0.2, -0.15) is 0 Å². The summed E-state index contributed by atoms with van der Waals surface area (Å²) in [5.74, 6) is -0.499. The summed E-state index contributed by atoms with van der Waals surface area (Å²) in [6, 6.07) is 0.419. The Morgan fingerprint density at radius 1 is 1.41 bits per heavy atom. The second-order valence-electron chi connectivity index (χ2n) is 6.55. The average Bonchev–Trinajstić information content (AvgIpc) is 3.03. The molecule has 4 N–H and O–H groups in total. The van der Waals surface area contributed by atoms with Crippen LogP contribution in [-0.4, -0.2) is 66.2 Å². The Bertz CT molecular complexity index is 947. The van der Waals surface area contributed by atoms with E-state index < -0.39 is 41.5 Å². The Kier molecular flexibility index (Phi) is 5.26. The standard InChI is InChI=1S/C16H21N5O6/c1-8-3-12(22)19-16(26)21(8)5-11-14(24)13(23)10(6-27-11)18-15(25)9-4-20(2)7-17-9/h3-4,7,10-11,13-14,23-24H,5-6H2,1-2H3,(H,18,25)(H,19,22,26)/t10-,11-,13+,14-/m1/s1. The van der Waals surface area contributed by atoms with Crippen molar-refractivity contribution < 1.29 is 19.7 Å². The van der Waals surface area contributed by atoms with Crippen LogP contribution in [0.4, 0.5) is 0 Å². The largest absolute Gasteiger partial charge is 0.388 e. The Balaban J connectivity index is 1.68. The molecule has 1 saturated heterocycles. The number of aromatic nitrogens is 4. The first-order chi connectivity index (χ1) is 12.8. The summed E-state index contributed by atoms with van der Waals surface area (Å²) in [6.45, 7) is 1.47. The molecule has 3 heterocycles. The highest BCUT2D eigenvalue weighted by atomic mass is 16.5. The number of imidazole rings is 1. The molecule has 11 heteroatoms. The van der Waals surface area contributed by atoms with Crippen LogP contribution in [0.25, 0.3) is 0 Å². The van der Waals surface area contributed by atoms with Gasteiger partial charge in [0.25, 0.3) is 11.5 Å². The normalized spacial score (nSPS) is 25.3. The fraction of sp³-hybridized carbons (Fsp3) is 0.500. The molecule has 0 aromatic carbocycles. The van der Waals surface area contributed by atoms with Crippen molar-refractivity contribution in [3.8, 4) is 0 Å². The predicted molar refractivity (Wildman–Crippen MR) is 92.3 cm³/mol. The molecule has 11 nitrogen and oxygen atoms in total. The lowest BCUT2D eigenvalue weighted by atomic mass is 9.97. The van der Waals surface area contributed by atoms with Gasteiger partial charge in [-0.3, -0.25) is 19.1 Å². The summed E-state index contributed by atoms with van der Waals surface area (Å²) < 4.78 is 8.41. The number of carbonyl (C=O) groups excluding carboxylic acids is 1. The molecule has 146 valence electrons. The van der Waals surface area contributed by atoms with E-state index >= 15 is 0 Å². The fourth-order valence-electron chi connectivity index (χ4n) is 2.99. The first-order valence-corrected chi connectivity index (χ1v) is 8.33. The van der Waals surface area contributed by atoms with Crippen molar-refractivity contribution >= 4 is 5.91 Å². The molecule has 0 saturated carbocycles. The second kappa shape index (κ2) is 7.47. The van der Waals surface area contributed by atoms with Gasteiger partial charge in [-0.25, -0.2) is 9.78 Å². The minimum atomic E-state index is -1.34. The van der Waals surface area contributed by atoms with Gasteiger partial charge >= 0.3 is 5.69 Å². The Morgan fingerprint density at radius 2 is 2.15 bits per heavy atom. The maximum absolute atomic E-state index is 12.2. The maximum Gasteiger partial charge on any atom is 0.328 e. The minimum absolute atomic E-state index is 0.0550. The number of aliphatic hydroxyl groups is 2. The van der Waals surface area contributed by atoms with E-state index in [9.17, 15) is 24.6 Å². The smallest absolute Gasteiger partial charge is 0.328 e. The number of nitrogens with one attached hydrogen (secondary N) is 2. The van der Waals surface area contributed by atoms with Crippen LogP contribution < -0.4 is 16.6 Å². The third kappa shape index (κ3) is 3.99. The van der Waals surface area contributed by atoms with Crippen LogP contribution in [0.2, 0.25) is 0 Å². The van der Waals surface area contributed by atoms with Crippen LogP contribution in [-0.2, 0) is 18.3 Å². The number of ether oxygens (including phenoxy) is 1. The zero-order valence-electron chi connectivity index (χ0n) is 14.8. The average molecular weight is 379 g/mol. The van der Waals surface area contributed by atoms with Crippen LogP contribution in [0.15, 0.2) is 28.2 Å². The molecule has 0 radical (unpaired) electrons. The van der Waals surface area contributed by atoms with Gasteiger partial charge in [0.2, 0.25) is 0 Å². The third-order valence-electron chi connectivity index (χ3n) is 4.49. The first-order valence-electron chi connectivity index (χ1n) is 8.33. The van der Waals surface area contributed by atoms with Gasteiger partial charge in [0.1, 0.15) is 24.0 Å². The highest BCUT2D eigenvalue weighted by Gasteiger charge is 2.39. The van der Waals surface area contributed by atoms with Gasteiger partial charge in [0.15, 0.2) is 0 Å². The van der Waals surface area contributed by atoms with Crippen molar-refractivity contribution in [3.05, 3.63) is 50.8 Å². The second-order valence-corrected chi connectivity index (χ2v) is 6.55. The molecular weight excluding hydrogens is 358 g/mol. The van der Waals surface area contributed by atoms with Gasteiger partial charge in [0.05, 0.1) is 25.5 Å². The molecule has 3 rings (SSSR count). The Morgan fingerprint density at radius 3 is 2.78 bits per heavy atom. The van der Waals surface area contributed by atoms with E-state index in [0.29, 0.717) is 5.69 Å². The van der Waals surface area contributed by atoms with Crippen LogP contribution in [0.5, 0.6) is 0 Å². The molecule has 1 fully saturated rings. The number of aliphatic hydroxyl groups excluding tert-OH is 2. The van der Waals surface area contributed by atoms with Gasteiger partial charge in [0, 0.05) is 25.0 Å². The molecule has 1 amide bonds. The van der Waals surface area contributed by atoms with Gasteiger partial charge in [-0.1, -0.05) is 0 Å². The molecule has 1 aliphatic rings. The van der Waals surface area contributed by atoms with Crippen molar-refractivity contribution in [2.24, 2.45) is 7.05 Å². The molecule has 0 bridgehead atoms. The van der Waals surface area contributed by atoms with Gasteiger partial charge in [-0.05, 0) is 6.92 Å². The predicted octanol–water partition coefficient (Wildman–Crippen LogP) is -2.50. The number of rotatable bonds is 4. The molecule has 4 atom stereocenters. The molecule has 1 aliphatic heterocycles. The van der Waals surface area contributed by atoms with Crippen LogP contribution >= 0.6 is 0 Å². The highest BCUT2D eigenvalue weighted by Crippen LogP contribution is 2.17. The van der Waals surface area contributed by atoms with Gasteiger partial charge in [-0.15, -0.1) is 0 Å². The molecule has 0 aliphatic carbocycles. The topological polar surface area (TPSA) is 151 Å². The first kappa shape index (κ1) is 19.0.